The number of amides is 2. The summed E-state index contributed by atoms with van der Waals surface area (Å²) >= 11 is 0. The lowest BCUT2D eigenvalue weighted by atomic mass is 9.93. The van der Waals surface area contributed by atoms with E-state index in [1.165, 1.54) is 0 Å². The Hall–Kier alpha value is -3.80. The Morgan fingerprint density at radius 3 is 2.69 bits per heavy atom. The number of fused-ring (bicyclic) bond motifs is 2. The number of carbonyl (C=O) groups excluding carboxylic acids is 2. The highest BCUT2D eigenvalue weighted by Gasteiger charge is 2.28. The lowest BCUT2D eigenvalue weighted by Gasteiger charge is -2.20. The highest BCUT2D eigenvalue weighted by Crippen LogP contribution is 2.36. The maximum absolute atomic E-state index is 13.1. The van der Waals surface area contributed by atoms with Crippen molar-refractivity contribution in [2.75, 3.05) is 18.6 Å². The predicted molar refractivity (Wildman–Crippen MR) is 121 cm³/mol. The molecule has 2 heterocycles. The number of carbonyl (C=O) groups is 2. The number of nitrogens with zero attached hydrogens (tertiary/aromatic N) is 3. The molecule has 160 valence electrons. The highest BCUT2D eigenvalue weighted by molar-refractivity contribution is 5.98. The van der Waals surface area contributed by atoms with Crippen LogP contribution in [0.5, 0.6) is 5.75 Å². The molecule has 0 radical (unpaired) electrons. The number of methoxy groups -OCH3 is 1. The zero-order valence-electron chi connectivity index (χ0n) is 18.0. The zero-order valence-corrected chi connectivity index (χ0v) is 18.0. The average Bonchev–Trinajstić information content (AvgIpc) is 3.25. The zero-order chi connectivity index (χ0) is 22.2. The van der Waals surface area contributed by atoms with Crippen molar-refractivity contribution in [3.8, 4) is 5.75 Å². The van der Waals surface area contributed by atoms with E-state index in [1.54, 1.807) is 13.2 Å². The predicted octanol–water partition coefficient (Wildman–Crippen LogP) is 4.83. The third-order valence-corrected chi connectivity index (χ3v) is 6.16. The molecule has 3 aromatic rings. The van der Waals surface area contributed by atoms with Gasteiger partial charge < -0.3 is 9.64 Å². The molecule has 0 spiro atoms. The van der Waals surface area contributed by atoms with E-state index in [0.29, 0.717) is 18.5 Å². The quantitative estimate of drug-likeness (QED) is 0.601. The number of benzene rings is 3. The molecule has 6 heteroatoms. The van der Waals surface area contributed by atoms with E-state index in [4.69, 9.17) is 4.74 Å². The molecule has 3 aromatic carbocycles. The van der Waals surface area contributed by atoms with Crippen molar-refractivity contribution < 1.29 is 14.3 Å². The van der Waals surface area contributed by atoms with Crippen LogP contribution in [-0.2, 0) is 17.6 Å². The average molecular weight is 425 g/mol. The summed E-state index contributed by atoms with van der Waals surface area (Å²) in [6, 6.07) is 19.0. The van der Waals surface area contributed by atoms with Crippen molar-refractivity contribution >= 4 is 17.5 Å². The van der Waals surface area contributed by atoms with Crippen molar-refractivity contribution in [3.05, 3.63) is 94.0 Å². The molecular formula is C26H23N3O3. The van der Waals surface area contributed by atoms with E-state index in [1.807, 2.05) is 66.4 Å². The molecule has 6 nitrogen and oxygen atoms in total. The molecule has 0 aliphatic carbocycles. The first-order chi connectivity index (χ1) is 15.5. The number of aryl methyl sites for hydroxylation is 1. The minimum absolute atomic E-state index is 0.0815. The Morgan fingerprint density at radius 2 is 1.91 bits per heavy atom. The molecule has 0 aromatic heterocycles. The number of rotatable bonds is 4. The lowest BCUT2D eigenvalue weighted by Crippen LogP contribution is -2.30. The molecule has 32 heavy (non-hydrogen) atoms. The van der Waals surface area contributed by atoms with E-state index in [0.717, 1.165) is 45.7 Å². The SMILES string of the molecule is COc1cc(C)c2c(c1)CCN2C(=O)Cc1ccc(C2N=NC(=O)c3ccccc32)cc1. The van der Waals surface area contributed by atoms with Crippen LogP contribution < -0.4 is 9.64 Å². The van der Waals surface area contributed by atoms with Gasteiger partial charge in [0, 0.05) is 12.1 Å². The third-order valence-electron chi connectivity index (χ3n) is 6.16. The van der Waals surface area contributed by atoms with Gasteiger partial charge in [0.2, 0.25) is 5.91 Å². The molecule has 5 rings (SSSR count). The Bertz CT molecular complexity index is 1250. The van der Waals surface area contributed by atoms with Gasteiger partial charge in [0.15, 0.2) is 0 Å². The summed E-state index contributed by atoms with van der Waals surface area (Å²) in [6.45, 7) is 2.70. The standard InChI is InChI=1S/C26H23N3O3/c1-16-13-20(32-2)15-19-11-12-29(25(16)19)23(30)14-17-7-9-18(10-8-17)24-21-5-3-4-6-22(21)26(31)28-27-24/h3-10,13,15,24H,11-12,14H2,1-2H3. The molecule has 1 unspecified atom stereocenters. The molecule has 2 aliphatic rings. The minimum Gasteiger partial charge on any atom is -0.497 e. The largest absolute Gasteiger partial charge is 0.497 e. The maximum Gasteiger partial charge on any atom is 0.295 e. The third kappa shape index (κ3) is 3.47. The van der Waals surface area contributed by atoms with E-state index < -0.39 is 0 Å². The van der Waals surface area contributed by atoms with Gasteiger partial charge >= 0.3 is 0 Å². The van der Waals surface area contributed by atoms with Crippen LogP contribution in [-0.4, -0.2) is 25.5 Å². The summed E-state index contributed by atoms with van der Waals surface area (Å²) < 4.78 is 5.36. The number of azo groups is 1. The molecule has 1 atom stereocenters. The van der Waals surface area contributed by atoms with E-state index in [2.05, 4.69) is 10.2 Å². The summed E-state index contributed by atoms with van der Waals surface area (Å²) in [5.41, 5.74) is 6.55. The normalized spacial score (nSPS) is 16.6. The van der Waals surface area contributed by atoms with Crippen LogP contribution in [0.25, 0.3) is 0 Å². The lowest BCUT2D eigenvalue weighted by molar-refractivity contribution is -0.117. The van der Waals surface area contributed by atoms with Crippen molar-refractivity contribution in [2.24, 2.45) is 10.2 Å². The first kappa shape index (κ1) is 20.1. The van der Waals surface area contributed by atoms with Crippen molar-refractivity contribution in [1.82, 2.24) is 0 Å². The van der Waals surface area contributed by atoms with Gasteiger partial charge in [-0.25, -0.2) is 0 Å². The van der Waals surface area contributed by atoms with Gasteiger partial charge in [-0.3, -0.25) is 9.59 Å². The number of ether oxygens (including phenoxy) is 1. The second kappa shape index (κ2) is 8.04. The molecule has 0 bridgehead atoms. The summed E-state index contributed by atoms with van der Waals surface area (Å²) in [5, 5.41) is 8.02. The van der Waals surface area contributed by atoms with Gasteiger partial charge in [-0.05, 0) is 59.4 Å². The van der Waals surface area contributed by atoms with Crippen LogP contribution in [0.3, 0.4) is 0 Å². The Balaban J connectivity index is 1.34. The first-order valence-corrected chi connectivity index (χ1v) is 10.7. The van der Waals surface area contributed by atoms with E-state index in [-0.39, 0.29) is 17.9 Å². The smallest absolute Gasteiger partial charge is 0.295 e. The fourth-order valence-corrected chi connectivity index (χ4v) is 4.60. The monoisotopic (exact) mass is 425 g/mol. The summed E-state index contributed by atoms with van der Waals surface area (Å²) in [6.07, 6.45) is 1.16. The molecule has 0 N–H and O–H groups in total. The van der Waals surface area contributed by atoms with Gasteiger partial charge in [0.1, 0.15) is 11.8 Å². The van der Waals surface area contributed by atoms with Crippen LogP contribution in [0.15, 0.2) is 70.9 Å². The van der Waals surface area contributed by atoms with E-state index >= 15 is 0 Å². The number of anilines is 1. The Morgan fingerprint density at radius 1 is 1.12 bits per heavy atom. The van der Waals surface area contributed by atoms with Crippen LogP contribution >= 0.6 is 0 Å². The van der Waals surface area contributed by atoms with Crippen molar-refractivity contribution in [1.29, 1.82) is 0 Å². The van der Waals surface area contributed by atoms with Gasteiger partial charge in [0.25, 0.3) is 5.91 Å². The molecule has 0 saturated heterocycles. The molecule has 0 fully saturated rings. The molecular weight excluding hydrogens is 402 g/mol. The van der Waals surface area contributed by atoms with Gasteiger partial charge in [0.05, 0.1) is 19.2 Å². The molecule has 2 aliphatic heterocycles. The van der Waals surface area contributed by atoms with Gasteiger partial charge in [-0.1, -0.05) is 42.5 Å². The number of hydrogen-bond acceptors (Lipinski definition) is 4. The number of hydrogen-bond donors (Lipinski definition) is 0. The second-order valence-corrected chi connectivity index (χ2v) is 8.18. The highest BCUT2D eigenvalue weighted by atomic mass is 16.5. The van der Waals surface area contributed by atoms with Gasteiger partial charge in [-0.2, -0.15) is 5.11 Å². The van der Waals surface area contributed by atoms with Crippen molar-refractivity contribution in [2.45, 2.75) is 25.8 Å². The summed E-state index contributed by atoms with van der Waals surface area (Å²) in [5.74, 6) is 0.602. The molecule has 2 amide bonds. The maximum atomic E-state index is 13.1. The topological polar surface area (TPSA) is 71.3 Å². The second-order valence-electron chi connectivity index (χ2n) is 8.18. The summed E-state index contributed by atoms with van der Waals surface area (Å²) in [7, 11) is 1.66. The fourth-order valence-electron chi connectivity index (χ4n) is 4.60. The van der Waals surface area contributed by atoms with Crippen LogP contribution in [0.1, 0.15) is 44.2 Å². The Kier molecular flexibility index (Phi) is 5.05. The summed E-state index contributed by atoms with van der Waals surface area (Å²) in [4.78, 5) is 27.0. The van der Waals surface area contributed by atoms with Crippen LogP contribution in [0, 0.1) is 6.92 Å². The Labute approximate surface area is 186 Å². The van der Waals surface area contributed by atoms with Crippen LogP contribution in [0.2, 0.25) is 0 Å². The molecule has 0 saturated carbocycles. The minimum atomic E-state index is -0.309. The fraction of sp³-hybridized carbons (Fsp3) is 0.231. The van der Waals surface area contributed by atoms with Crippen LogP contribution in [0.4, 0.5) is 5.69 Å². The van der Waals surface area contributed by atoms with Gasteiger partial charge in [-0.15, -0.1) is 5.11 Å². The van der Waals surface area contributed by atoms with Crippen molar-refractivity contribution in [3.63, 3.8) is 0 Å². The van der Waals surface area contributed by atoms with E-state index in [9.17, 15) is 9.59 Å². The first-order valence-electron chi connectivity index (χ1n) is 10.7.